The number of ketones is 2. The Hall–Kier alpha value is -0.820. The molecule has 1 aromatic carbocycles. The van der Waals surface area contributed by atoms with Crippen LogP contribution in [0.1, 0.15) is 99.8 Å². The van der Waals surface area contributed by atoms with Crippen LogP contribution in [-0.4, -0.2) is 44.2 Å². The molecule has 0 radical (unpaired) electrons. The molecule has 4 unspecified atom stereocenters. The molecule has 1 aromatic rings. The van der Waals surface area contributed by atoms with Crippen molar-refractivity contribution in [3.8, 4) is 0 Å². The fraction of sp³-hybridized carbons (Fsp3) is 0.692. The Labute approximate surface area is 203 Å². The number of carbonyl (C=O) groups excluding carboxylic acids is 2. The quantitative estimate of drug-likeness (QED) is 0.182. The lowest BCUT2D eigenvalue weighted by atomic mass is 10.0. The minimum absolute atomic E-state index is 0.191. The van der Waals surface area contributed by atoms with Crippen molar-refractivity contribution >= 4 is 35.1 Å². The predicted octanol–water partition coefficient (Wildman–Crippen LogP) is 6.59. The highest BCUT2D eigenvalue weighted by atomic mass is 32.2. The van der Waals surface area contributed by atoms with Crippen LogP contribution < -0.4 is 0 Å². The summed E-state index contributed by atoms with van der Waals surface area (Å²) in [5.41, 5.74) is -2.03. The molecule has 0 aliphatic carbocycles. The zero-order valence-electron chi connectivity index (χ0n) is 20.2. The molecule has 0 fully saturated rings. The van der Waals surface area contributed by atoms with Crippen LogP contribution in [0.2, 0.25) is 0 Å². The van der Waals surface area contributed by atoms with Gasteiger partial charge in [-0.1, -0.05) is 90.5 Å². The summed E-state index contributed by atoms with van der Waals surface area (Å²) < 4.78 is 0. The summed E-state index contributed by atoms with van der Waals surface area (Å²) in [6, 6.07) is 6.52. The van der Waals surface area contributed by atoms with Gasteiger partial charge in [0.15, 0.2) is 10.9 Å². The van der Waals surface area contributed by atoms with E-state index in [-0.39, 0.29) is 11.1 Å². The first-order valence-electron chi connectivity index (χ1n) is 12.2. The summed E-state index contributed by atoms with van der Waals surface area (Å²) in [7, 11) is 0. The van der Waals surface area contributed by atoms with Crippen molar-refractivity contribution < 1.29 is 19.8 Å². The maximum Gasteiger partial charge on any atom is 0.202 e. The first-order chi connectivity index (χ1) is 15.4. The van der Waals surface area contributed by atoms with Gasteiger partial charge in [-0.2, -0.15) is 0 Å². The summed E-state index contributed by atoms with van der Waals surface area (Å²) in [5.74, 6) is 1.45. The summed E-state index contributed by atoms with van der Waals surface area (Å²) >= 11 is 2.49. The van der Waals surface area contributed by atoms with Crippen molar-refractivity contribution in [1.82, 2.24) is 0 Å². The Bertz CT molecular complexity index is 623. The number of unbranched alkanes of at least 4 members (excludes halogenated alkanes) is 2. The van der Waals surface area contributed by atoms with Crippen LogP contribution in [0, 0.1) is 11.8 Å². The molecule has 182 valence electrons. The van der Waals surface area contributed by atoms with Gasteiger partial charge < -0.3 is 10.2 Å². The van der Waals surface area contributed by atoms with Crippen molar-refractivity contribution in [3.63, 3.8) is 0 Å². The number of rotatable bonds is 18. The molecular weight excluding hydrogens is 440 g/mol. The zero-order chi connectivity index (χ0) is 23.9. The van der Waals surface area contributed by atoms with Crippen molar-refractivity contribution in [2.75, 3.05) is 11.5 Å². The Morgan fingerprint density at radius 3 is 1.44 bits per heavy atom. The van der Waals surface area contributed by atoms with Crippen LogP contribution in [0.5, 0.6) is 0 Å². The highest BCUT2D eigenvalue weighted by Crippen LogP contribution is 2.26. The zero-order valence-corrected chi connectivity index (χ0v) is 21.9. The average molecular weight is 483 g/mol. The van der Waals surface area contributed by atoms with E-state index in [2.05, 4.69) is 27.7 Å². The second-order valence-corrected chi connectivity index (χ2v) is 10.7. The van der Waals surface area contributed by atoms with E-state index in [0.29, 0.717) is 23.3 Å². The second kappa shape index (κ2) is 16.7. The average Bonchev–Trinajstić information content (AvgIpc) is 2.82. The molecular formula is C26H42O4S2. The van der Waals surface area contributed by atoms with Gasteiger partial charge in [0.1, 0.15) is 0 Å². The molecule has 4 atom stereocenters. The van der Waals surface area contributed by atoms with Gasteiger partial charge in [-0.05, 0) is 36.2 Å². The van der Waals surface area contributed by atoms with Crippen molar-refractivity contribution in [3.05, 3.63) is 35.4 Å². The second-order valence-electron chi connectivity index (χ2n) is 8.48. The first kappa shape index (κ1) is 29.2. The van der Waals surface area contributed by atoms with Gasteiger partial charge in [0, 0.05) is 11.1 Å². The number of hydrogen-bond acceptors (Lipinski definition) is 6. The third-order valence-electron chi connectivity index (χ3n) is 5.97. The van der Waals surface area contributed by atoms with Crippen LogP contribution >= 0.6 is 23.5 Å². The van der Waals surface area contributed by atoms with Gasteiger partial charge in [0.25, 0.3) is 0 Å². The van der Waals surface area contributed by atoms with Crippen molar-refractivity contribution in [2.24, 2.45) is 11.8 Å². The SMILES string of the molecule is CCCCC(CC)CSC(O)C(=O)c1ccccc1C(=O)C(O)SCC(CC)CCCC. The Morgan fingerprint density at radius 1 is 0.750 bits per heavy atom. The van der Waals surface area contributed by atoms with Gasteiger partial charge in [-0.25, -0.2) is 0 Å². The fourth-order valence-electron chi connectivity index (χ4n) is 3.58. The van der Waals surface area contributed by atoms with Crippen LogP contribution in [0.3, 0.4) is 0 Å². The molecule has 0 amide bonds. The van der Waals surface area contributed by atoms with Gasteiger partial charge in [-0.15, -0.1) is 23.5 Å². The molecule has 0 saturated carbocycles. The molecule has 4 nitrogen and oxygen atoms in total. The van der Waals surface area contributed by atoms with Crippen LogP contribution in [0.15, 0.2) is 24.3 Å². The van der Waals surface area contributed by atoms with Crippen LogP contribution in [0.4, 0.5) is 0 Å². The lowest BCUT2D eigenvalue weighted by molar-refractivity contribution is 0.0835. The van der Waals surface area contributed by atoms with Crippen molar-refractivity contribution in [1.29, 1.82) is 0 Å². The van der Waals surface area contributed by atoms with Gasteiger partial charge in [0.2, 0.25) is 11.6 Å². The molecule has 0 saturated heterocycles. The maximum atomic E-state index is 12.9. The fourth-order valence-corrected chi connectivity index (χ4v) is 5.85. The number of benzene rings is 1. The summed E-state index contributed by atoms with van der Waals surface area (Å²) in [5, 5.41) is 21.0. The number of Topliss-reactive ketones (excluding diaryl/α,β-unsaturated/α-hetero) is 2. The normalized spacial score (nSPS) is 15.2. The monoisotopic (exact) mass is 482 g/mol. The third-order valence-corrected chi connectivity index (χ3v) is 8.36. The summed E-state index contributed by atoms with van der Waals surface area (Å²) in [6.07, 6.45) is 8.78. The summed E-state index contributed by atoms with van der Waals surface area (Å²) in [4.78, 5) is 25.9. The molecule has 0 aliphatic rings. The van der Waals surface area contributed by atoms with E-state index in [1.165, 1.54) is 23.5 Å². The molecule has 0 bridgehead atoms. The highest BCUT2D eigenvalue weighted by Gasteiger charge is 2.27. The van der Waals surface area contributed by atoms with Crippen LogP contribution in [0.25, 0.3) is 0 Å². The smallest absolute Gasteiger partial charge is 0.202 e. The van der Waals surface area contributed by atoms with E-state index < -0.39 is 22.4 Å². The number of carbonyl (C=O) groups is 2. The van der Waals surface area contributed by atoms with E-state index in [1.807, 2.05) is 0 Å². The van der Waals surface area contributed by atoms with Gasteiger partial charge in [-0.3, -0.25) is 9.59 Å². The highest BCUT2D eigenvalue weighted by molar-refractivity contribution is 8.00. The van der Waals surface area contributed by atoms with E-state index in [4.69, 9.17) is 0 Å². The van der Waals surface area contributed by atoms with Crippen molar-refractivity contribution in [2.45, 2.75) is 89.9 Å². The number of thioether (sulfide) groups is 2. The Kier molecular flexibility index (Phi) is 15.3. The number of aliphatic hydroxyl groups excluding tert-OH is 2. The topological polar surface area (TPSA) is 74.6 Å². The summed E-state index contributed by atoms with van der Waals surface area (Å²) in [6.45, 7) is 8.58. The minimum Gasteiger partial charge on any atom is -0.374 e. The van der Waals surface area contributed by atoms with E-state index in [0.717, 1.165) is 51.4 Å². The molecule has 2 N–H and O–H groups in total. The molecule has 0 heterocycles. The molecule has 0 spiro atoms. The first-order valence-corrected chi connectivity index (χ1v) is 14.3. The lowest BCUT2D eigenvalue weighted by Gasteiger charge is -2.19. The maximum absolute atomic E-state index is 12.9. The minimum atomic E-state index is -1.21. The largest absolute Gasteiger partial charge is 0.374 e. The van der Waals surface area contributed by atoms with Crippen LogP contribution in [-0.2, 0) is 0 Å². The molecule has 32 heavy (non-hydrogen) atoms. The molecule has 0 aromatic heterocycles. The van der Waals surface area contributed by atoms with E-state index in [9.17, 15) is 19.8 Å². The standard InChI is InChI=1S/C26H42O4S2/c1-5-9-13-19(7-3)17-31-25(29)23(27)21-15-11-12-16-22(21)24(28)26(30)32-18-20(8-4)14-10-6-2/h11-12,15-16,19-20,25-26,29-30H,5-10,13-14,17-18H2,1-4H3. The van der Waals surface area contributed by atoms with E-state index >= 15 is 0 Å². The predicted molar refractivity (Wildman–Crippen MR) is 139 cm³/mol. The Morgan fingerprint density at radius 2 is 1.12 bits per heavy atom. The molecule has 0 aliphatic heterocycles. The molecule has 1 rings (SSSR count). The number of aliphatic hydroxyl groups is 2. The lowest BCUT2D eigenvalue weighted by Crippen LogP contribution is -2.25. The molecule has 6 heteroatoms. The Balaban J connectivity index is 2.78. The van der Waals surface area contributed by atoms with Gasteiger partial charge >= 0.3 is 0 Å². The van der Waals surface area contributed by atoms with E-state index in [1.54, 1.807) is 24.3 Å². The third kappa shape index (κ3) is 9.98. The number of hydrogen-bond donors (Lipinski definition) is 2. The van der Waals surface area contributed by atoms with Gasteiger partial charge in [0.05, 0.1) is 0 Å².